The number of benzene rings is 3. The Balaban J connectivity index is 1.37. The van der Waals surface area contributed by atoms with E-state index in [9.17, 15) is 9.59 Å². The first-order valence-corrected chi connectivity index (χ1v) is 8.97. The molecule has 0 unspecified atom stereocenters. The summed E-state index contributed by atoms with van der Waals surface area (Å²) in [6.07, 6.45) is 1.46. The van der Waals surface area contributed by atoms with Crippen LogP contribution in [0.5, 0.6) is 11.6 Å². The molecular formula is C23H17N3O3. The van der Waals surface area contributed by atoms with Crippen LogP contribution in [0.15, 0.2) is 91.1 Å². The van der Waals surface area contributed by atoms with Gasteiger partial charge in [0, 0.05) is 11.6 Å². The van der Waals surface area contributed by atoms with Crippen LogP contribution < -0.4 is 15.4 Å². The Kier molecular flexibility index (Phi) is 5.16. The van der Waals surface area contributed by atoms with Gasteiger partial charge in [-0.2, -0.15) is 0 Å². The summed E-state index contributed by atoms with van der Waals surface area (Å²) < 4.78 is 5.78. The number of fused-ring (bicyclic) bond motifs is 1. The Labute approximate surface area is 167 Å². The van der Waals surface area contributed by atoms with E-state index >= 15 is 0 Å². The summed E-state index contributed by atoms with van der Waals surface area (Å²) >= 11 is 0. The zero-order valence-corrected chi connectivity index (χ0v) is 15.3. The van der Waals surface area contributed by atoms with Crippen LogP contribution in [-0.4, -0.2) is 16.9 Å². The molecule has 1 aromatic heterocycles. The lowest BCUT2D eigenvalue weighted by Crippen LogP contribution is -2.34. The van der Waals surface area contributed by atoms with E-state index in [1.165, 1.54) is 6.20 Å². The highest BCUT2D eigenvalue weighted by Crippen LogP contribution is 2.25. The molecule has 0 bridgehead atoms. The normalized spacial score (nSPS) is 10.3. The molecule has 0 aliphatic heterocycles. The molecule has 3 amide bonds. The van der Waals surface area contributed by atoms with Crippen molar-refractivity contribution in [1.82, 2.24) is 10.3 Å². The van der Waals surface area contributed by atoms with Crippen molar-refractivity contribution in [2.45, 2.75) is 0 Å². The van der Waals surface area contributed by atoms with E-state index in [2.05, 4.69) is 15.6 Å². The SMILES string of the molecule is O=C(NC(=O)c1ccccc1)Nc1ccc(Oc2ccc3ccccc3c2)nc1. The Morgan fingerprint density at radius 1 is 0.793 bits per heavy atom. The zero-order chi connectivity index (χ0) is 20.1. The molecule has 0 radical (unpaired) electrons. The highest BCUT2D eigenvalue weighted by atomic mass is 16.5. The number of nitrogens with one attached hydrogen (secondary N) is 2. The van der Waals surface area contributed by atoms with Gasteiger partial charge in [0.1, 0.15) is 5.75 Å². The molecule has 0 aliphatic carbocycles. The third-order valence-electron chi connectivity index (χ3n) is 4.20. The lowest BCUT2D eigenvalue weighted by atomic mass is 10.1. The number of anilines is 1. The topological polar surface area (TPSA) is 80.3 Å². The molecule has 0 aliphatic rings. The second-order valence-corrected chi connectivity index (χ2v) is 6.27. The van der Waals surface area contributed by atoms with Crippen LogP contribution in [0.3, 0.4) is 0 Å². The first-order chi connectivity index (χ1) is 14.2. The Bertz CT molecular complexity index is 1160. The number of imide groups is 1. The molecule has 0 saturated heterocycles. The predicted molar refractivity (Wildman–Crippen MR) is 111 cm³/mol. The van der Waals surface area contributed by atoms with E-state index in [4.69, 9.17) is 4.74 Å². The van der Waals surface area contributed by atoms with Crippen molar-refractivity contribution < 1.29 is 14.3 Å². The van der Waals surface area contributed by atoms with Gasteiger partial charge in [-0.05, 0) is 41.1 Å². The molecule has 1 heterocycles. The van der Waals surface area contributed by atoms with Gasteiger partial charge in [-0.1, -0.05) is 48.5 Å². The van der Waals surface area contributed by atoms with Crippen LogP contribution in [-0.2, 0) is 0 Å². The second kappa shape index (κ2) is 8.22. The van der Waals surface area contributed by atoms with Crippen molar-refractivity contribution in [3.8, 4) is 11.6 Å². The maximum absolute atomic E-state index is 12.0. The summed E-state index contributed by atoms with van der Waals surface area (Å²) in [5.74, 6) is 0.585. The molecule has 4 aromatic rings. The number of amides is 3. The number of aromatic nitrogens is 1. The fourth-order valence-corrected chi connectivity index (χ4v) is 2.79. The van der Waals surface area contributed by atoms with Gasteiger partial charge in [-0.3, -0.25) is 10.1 Å². The standard InChI is InChI=1S/C23H17N3O3/c27-22(17-7-2-1-3-8-17)26-23(28)25-19-11-13-21(24-15-19)29-20-12-10-16-6-4-5-9-18(16)14-20/h1-15H,(H2,25,26,27,28). The molecule has 6 heteroatoms. The van der Waals surface area contributed by atoms with Crippen LogP contribution in [0, 0.1) is 0 Å². The monoisotopic (exact) mass is 383 g/mol. The van der Waals surface area contributed by atoms with Crippen molar-refractivity contribution in [3.05, 3.63) is 96.7 Å². The Morgan fingerprint density at radius 3 is 2.31 bits per heavy atom. The average Bonchev–Trinajstić information content (AvgIpc) is 2.75. The van der Waals surface area contributed by atoms with Crippen LogP contribution in [0.4, 0.5) is 10.5 Å². The van der Waals surface area contributed by atoms with E-state index in [0.717, 1.165) is 10.8 Å². The summed E-state index contributed by atoms with van der Waals surface area (Å²) in [6.45, 7) is 0. The first kappa shape index (κ1) is 18.2. The van der Waals surface area contributed by atoms with Gasteiger partial charge in [0.05, 0.1) is 11.9 Å². The van der Waals surface area contributed by atoms with Crippen molar-refractivity contribution >= 4 is 28.4 Å². The van der Waals surface area contributed by atoms with Gasteiger partial charge < -0.3 is 10.1 Å². The molecule has 29 heavy (non-hydrogen) atoms. The number of rotatable bonds is 4. The molecule has 0 spiro atoms. The van der Waals surface area contributed by atoms with E-state index in [0.29, 0.717) is 22.9 Å². The van der Waals surface area contributed by atoms with E-state index in [-0.39, 0.29) is 0 Å². The quantitative estimate of drug-likeness (QED) is 0.520. The van der Waals surface area contributed by atoms with Crippen LogP contribution in [0.2, 0.25) is 0 Å². The Hall–Kier alpha value is -4.19. The lowest BCUT2D eigenvalue weighted by Gasteiger charge is -2.08. The van der Waals surface area contributed by atoms with Gasteiger partial charge in [0.25, 0.3) is 5.91 Å². The van der Waals surface area contributed by atoms with Crippen LogP contribution >= 0.6 is 0 Å². The number of urea groups is 1. The molecular weight excluding hydrogens is 366 g/mol. The maximum Gasteiger partial charge on any atom is 0.326 e. The predicted octanol–water partition coefficient (Wildman–Crippen LogP) is 4.99. The highest BCUT2D eigenvalue weighted by molar-refractivity contribution is 6.07. The van der Waals surface area contributed by atoms with Gasteiger partial charge in [0.15, 0.2) is 0 Å². The number of pyridine rings is 1. The minimum absolute atomic E-state index is 0.395. The van der Waals surface area contributed by atoms with Crippen LogP contribution in [0.25, 0.3) is 10.8 Å². The van der Waals surface area contributed by atoms with E-state index in [1.807, 2.05) is 42.5 Å². The minimum Gasteiger partial charge on any atom is -0.439 e. The number of carbonyl (C=O) groups excluding carboxylic acids is 2. The fraction of sp³-hybridized carbons (Fsp3) is 0. The average molecular weight is 383 g/mol. The van der Waals surface area contributed by atoms with Crippen molar-refractivity contribution in [2.75, 3.05) is 5.32 Å². The van der Waals surface area contributed by atoms with E-state index in [1.54, 1.807) is 42.5 Å². The largest absolute Gasteiger partial charge is 0.439 e. The second-order valence-electron chi connectivity index (χ2n) is 6.27. The van der Waals surface area contributed by atoms with Crippen molar-refractivity contribution in [1.29, 1.82) is 0 Å². The smallest absolute Gasteiger partial charge is 0.326 e. The molecule has 0 atom stereocenters. The molecule has 3 aromatic carbocycles. The third kappa shape index (κ3) is 4.56. The summed E-state index contributed by atoms with van der Waals surface area (Å²) in [5.41, 5.74) is 0.842. The molecule has 2 N–H and O–H groups in total. The van der Waals surface area contributed by atoms with Gasteiger partial charge in [-0.15, -0.1) is 0 Å². The molecule has 0 saturated carbocycles. The number of hydrogen-bond acceptors (Lipinski definition) is 4. The molecule has 142 valence electrons. The number of hydrogen-bond donors (Lipinski definition) is 2. The third-order valence-corrected chi connectivity index (χ3v) is 4.20. The van der Waals surface area contributed by atoms with E-state index < -0.39 is 11.9 Å². The van der Waals surface area contributed by atoms with Gasteiger partial charge in [0.2, 0.25) is 5.88 Å². The number of ether oxygens (including phenoxy) is 1. The maximum atomic E-state index is 12.0. The minimum atomic E-state index is -0.635. The van der Waals surface area contributed by atoms with Crippen molar-refractivity contribution in [2.24, 2.45) is 0 Å². The number of nitrogens with zero attached hydrogens (tertiary/aromatic N) is 1. The van der Waals surface area contributed by atoms with Crippen molar-refractivity contribution in [3.63, 3.8) is 0 Å². The van der Waals surface area contributed by atoms with Gasteiger partial charge >= 0.3 is 6.03 Å². The fourth-order valence-electron chi connectivity index (χ4n) is 2.79. The molecule has 0 fully saturated rings. The summed E-state index contributed by atoms with van der Waals surface area (Å²) in [4.78, 5) is 28.2. The molecule has 6 nitrogen and oxygen atoms in total. The first-order valence-electron chi connectivity index (χ1n) is 8.97. The zero-order valence-electron chi connectivity index (χ0n) is 15.3. The van der Waals surface area contributed by atoms with Crippen LogP contribution in [0.1, 0.15) is 10.4 Å². The Morgan fingerprint density at radius 2 is 1.55 bits per heavy atom. The highest BCUT2D eigenvalue weighted by Gasteiger charge is 2.10. The number of carbonyl (C=O) groups is 2. The summed E-state index contributed by atoms with van der Waals surface area (Å²) in [5, 5.41) is 7.04. The lowest BCUT2D eigenvalue weighted by molar-refractivity contribution is 0.0967. The summed E-state index contributed by atoms with van der Waals surface area (Å²) in [6, 6.07) is 25.0. The van der Waals surface area contributed by atoms with Gasteiger partial charge in [-0.25, -0.2) is 9.78 Å². The molecule has 4 rings (SSSR count). The summed E-state index contributed by atoms with van der Waals surface area (Å²) in [7, 11) is 0.